The third-order valence-corrected chi connectivity index (χ3v) is 0.319. The zero-order valence-electron chi connectivity index (χ0n) is 3.84. The number of hydrogen-bond donors (Lipinski definition) is 0. The maximum atomic E-state index is 11.0. The van der Waals surface area contributed by atoms with Crippen molar-refractivity contribution in [3.63, 3.8) is 0 Å². The topological polar surface area (TPSA) is 23.8 Å². The standard InChI is InChI=1S/C4H3F3N/c5-4(6,7)2-1-3-8/h8H,3H2. The summed E-state index contributed by atoms with van der Waals surface area (Å²) in [6.07, 6.45) is -4.43. The summed E-state index contributed by atoms with van der Waals surface area (Å²) in [5.41, 5.74) is 6.21. The van der Waals surface area contributed by atoms with Crippen LogP contribution in [-0.4, -0.2) is 12.7 Å². The van der Waals surface area contributed by atoms with E-state index < -0.39 is 12.7 Å². The van der Waals surface area contributed by atoms with E-state index in [2.05, 4.69) is 0 Å². The lowest BCUT2D eigenvalue weighted by Gasteiger charge is -1.89. The van der Waals surface area contributed by atoms with Gasteiger partial charge in [-0.15, -0.1) is 0 Å². The van der Waals surface area contributed by atoms with E-state index in [1.165, 1.54) is 0 Å². The number of alkyl halides is 3. The van der Waals surface area contributed by atoms with Gasteiger partial charge in [-0.3, -0.25) is 0 Å². The minimum atomic E-state index is -4.43. The molecule has 4 heteroatoms. The average molecular weight is 122 g/mol. The predicted molar refractivity (Wildman–Crippen MR) is 21.8 cm³/mol. The summed E-state index contributed by atoms with van der Waals surface area (Å²) < 4.78 is 33.0. The van der Waals surface area contributed by atoms with Crippen LogP contribution in [0.2, 0.25) is 0 Å². The summed E-state index contributed by atoms with van der Waals surface area (Å²) in [4.78, 5) is 0. The average Bonchev–Trinajstić information content (AvgIpc) is 1.59. The molecule has 0 bridgehead atoms. The normalized spacial score (nSPS) is 10.0. The van der Waals surface area contributed by atoms with Crippen LogP contribution in [0, 0.1) is 11.8 Å². The molecule has 45 valence electrons. The van der Waals surface area contributed by atoms with E-state index in [-0.39, 0.29) is 0 Å². The molecule has 0 saturated heterocycles. The number of nitrogens with one attached hydrogen (secondary N) is 1. The molecule has 0 aliphatic heterocycles. The second-order valence-electron chi connectivity index (χ2n) is 0.976. The lowest BCUT2D eigenvalue weighted by Crippen LogP contribution is -2.01. The van der Waals surface area contributed by atoms with Crippen molar-refractivity contribution in [3.8, 4) is 11.8 Å². The van der Waals surface area contributed by atoms with Crippen molar-refractivity contribution in [3.05, 3.63) is 0 Å². The molecule has 1 radical (unpaired) electrons. The van der Waals surface area contributed by atoms with Crippen LogP contribution in [0.5, 0.6) is 0 Å². The highest BCUT2D eigenvalue weighted by Gasteiger charge is 2.22. The molecular formula is C4H3F3N. The highest BCUT2D eigenvalue weighted by atomic mass is 19.4. The van der Waals surface area contributed by atoms with Gasteiger partial charge in [0, 0.05) is 5.92 Å². The minimum Gasteiger partial charge on any atom is -0.245 e. The quantitative estimate of drug-likeness (QED) is 0.425. The molecule has 1 N–H and O–H groups in total. The Morgan fingerprint density at radius 3 is 2.00 bits per heavy atom. The van der Waals surface area contributed by atoms with Crippen LogP contribution in [0.1, 0.15) is 0 Å². The molecule has 0 heterocycles. The Balaban J connectivity index is 3.69. The van der Waals surface area contributed by atoms with Gasteiger partial charge in [0.1, 0.15) is 0 Å². The first-order valence-corrected chi connectivity index (χ1v) is 1.77. The Labute approximate surface area is 44.7 Å². The summed E-state index contributed by atoms with van der Waals surface area (Å²) >= 11 is 0. The minimum absolute atomic E-state index is 0.500. The summed E-state index contributed by atoms with van der Waals surface area (Å²) in [7, 11) is 0. The SMILES string of the molecule is [NH]CC#CC(F)(F)F. The lowest BCUT2D eigenvalue weighted by molar-refractivity contribution is -0.0697. The maximum absolute atomic E-state index is 11.0. The molecule has 0 aromatic rings. The van der Waals surface area contributed by atoms with Crippen molar-refractivity contribution < 1.29 is 13.2 Å². The molecule has 0 atom stereocenters. The van der Waals surface area contributed by atoms with Crippen molar-refractivity contribution in [2.75, 3.05) is 6.54 Å². The third-order valence-electron chi connectivity index (χ3n) is 0.319. The summed E-state index contributed by atoms with van der Waals surface area (Å²) in [5, 5.41) is 0. The fourth-order valence-corrected chi connectivity index (χ4v) is 0.144. The molecule has 0 aliphatic rings. The summed E-state index contributed by atoms with van der Waals surface area (Å²) in [6.45, 7) is -0.500. The number of hydrogen-bond acceptors (Lipinski definition) is 0. The van der Waals surface area contributed by atoms with E-state index in [1.807, 2.05) is 0 Å². The van der Waals surface area contributed by atoms with E-state index in [9.17, 15) is 13.2 Å². The van der Waals surface area contributed by atoms with Gasteiger partial charge in [-0.1, -0.05) is 5.92 Å². The number of rotatable bonds is 0. The molecule has 0 fully saturated rings. The van der Waals surface area contributed by atoms with Crippen LogP contribution in [0.25, 0.3) is 0 Å². The molecule has 8 heavy (non-hydrogen) atoms. The monoisotopic (exact) mass is 122 g/mol. The van der Waals surface area contributed by atoms with Crippen molar-refractivity contribution >= 4 is 0 Å². The lowest BCUT2D eigenvalue weighted by atomic mass is 10.6. The molecule has 1 nitrogen and oxygen atoms in total. The van der Waals surface area contributed by atoms with Crippen molar-refractivity contribution in [2.45, 2.75) is 6.18 Å². The van der Waals surface area contributed by atoms with Gasteiger partial charge < -0.3 is 0 Å². The van der Waals surface area contributed by atoms with Crippen molar-refractivity contribution in [2.24, 2.45) is 0 Å². The van der Waals surface area contributed by atoms with Crippen molar-refractivity contribution in [1.29, 1.82) is 0 Å². The second-order valence-corrected chi connectivity index (χ2v) is 0.976. The Morgan fingerprint density at radius 2 is 1.88 bits per heavy atom. The van der Waals surface area contributed by atoms with E-state index >= 15 is 0 Å². The fraction of sp³-hybridized carbons (Fsp3) is 0.500. The van der Waals surface area contributed by atoms with Gasteiger partial charge in [-0.2, -0.15) is 13.2 Å². The first-order chi connectivity index (χ1) is 3.56. The van der Waals surface area contributed by atoms with Crippen LogP contribution in [0.4, 0.5) is 13.2 Å². The predicted octanol–water partition coefficient (Wildman–Crippen LogP) is 0.835. The maximum Gasteiger partial charge on any atom is 0.457 e. The van der Waals surface area contributed by atoms with Gasteiger partial charge in [0.05, 0.1) is 6.54 Å². The first kappa shape index (κ1) is 7.31. The highest BCUT2D eigenvalue weighted by Crippen LogP contribution is 2.11. The van der Waals surface area contributed by atoms with Gasteiger partial charge in [-0.25, -0.2) is 5.73 Å². The molecular weight excluding hydrogens is 119 g/mol. The van der Waals surface area contributed by atoms with E-state index in [0.717, 1.165) is 5.92 Å². The van der Waals surface area contributed by atoms with Gasteiger partial charge in [0.25, 0.3) is 0 Å². The zero-order chi connectivity index (χ0) is 6.62. The molecule has 0 saturated carbocycles. The smallest absolute Gasteiger partial charge is 0.245 e. The summed E-state index contributed by atoms with van der Waals surface area (Å²) in [6, 6.07) is 0. The Morgan fingerprint density at radius 1 is 1.38 bits per heavy atom. The van der Waals surface area contributed by atoms with Crippen LogP contribution in [0.15, 0.2) is 0 Å². The van der Waals surface area contributed by atoms with Crippen LogP contribution in [0.3, 0.4) is 0 Å². The molecule has 0 rings (SSSR count). The van der Waals surface area contributed by atoms with E-state index in [1.54, 1.807) is 5.92 Å². The van der Waals surface area contributed by atoms with Crippen LogP contribution >= 0.6 is 0 Å². The molecule has 0 amide bonds. The molecule has 0 unspecified atom stereocenters. The van der Waals surface area contributed by atoms with E-state index in [4.69, 9.17) is 5.73 Å². The van der Waals surface area contributed by atoms with Gasteiger partial charge in [-0.05, 0) is 0 Å². The van der Waals surface area contributed by atoms with E-state index in [0.29, 0.717) is 0 Å². The summed E-state index contributed by atoms with van der Waals surface area (Å²) in [5.74, 6) is 2.51. The fourth-order valence-electron chi connectivity index (χ4n) is 0.144. The highest BCUT2D eigenvalue weighted by molar-refractivity contribution is 5.05. The number of halogens is 3. The zero-order valence-corrected chi connectivity index (χ0v) is 3.84. The first-order valence-electron chi connectivity index (χ1n) is 1.77. The van der Waals surface area contributed by atoms with Crippen LogP contribution < -0.4 is 5.73 Å². The van der Waals surface area contributed by atoms with Gasteiger partial charge in [0.2, 0.25) is 0 Å². The van der Waals surface area contributed by atoms with Crippen LogP contribution in [-0.2, 0) is 0 Å². The largest absolute Gasteiger partial charge is 0.457 e. The van der Waals surface area contributed by atoms with Crippen molar-refractivity contribution in [1.82, 2.24) is 5.73 Å². The third kappa shape index (κ3) is 5.31. The molecule has 0 spiro atoms. The Bertz CT molecular complexity index is 115. The molecule has 0 aromatic carbocycles. The van der Waals surface area contributed by atoms with Gasteiger partial charge >= 0.3 is 6.18 Å². The molecule has 0 aromatic heterocycles. The Kier molecular flexibility index (Phi) is 2.35. The Hall–Kier alpha value is -0.690. The molecule has 0 aliphatic carbocycles. The second kappa shape index (κ2) is 2.58. The van der Waals surface area contributed by atoms with Gasteiger partial charge in [0.15, 0.2) is 0 Å².